The standard InChI is InChI=1S/C26H29FN6O6/c1-14(34)32-10-19(11-32)38-18-6-15-5-16(7-20(15)21(27)8-18)31(2)4-3-17-12-33(26(36)39-17)22-9-28-25-24(29-22)30-23(35)13-37-25/h6,8-9,16-17,19H,3-5,7,10-13H2,1-2H3,(H,29,30,35). The van der Waals surface area contributed by atoms with Gasteiger partial charge in [0, 0.05) is 25.6 Å². The highest BCUT2D eigenvalue weighted by molar-refractivity contribution is 5.94. The second kappa shape index (κ2) is 9.95. The summed E-state index contributed by atoms with van der Waals surface area (Å²) >= 11 is 0. The Bertz CT molecular complexity index is 1330. The second-order valence-corrected chi connectivity index (χ2v) is 10.4. The fourth-order valence-electron chi connectivity index (χ4n) is 5.36. The lowest BCUT2D eigenvalue weighted by molar-refractivity contribution is -0.137. The fourth-order valence-corrected chi connectivity index (χ4v) is 5.36. The van der Waals surface area contributed by atoms with Crippen molar-refractivity contribution in [3.8, 4) is 11.6 Å². The van der Waals surface area contributed by atoms with Crippen molar-refractivity contribution in [1.82, 2.24) is 19.8 Å². The molecule has 2 saturated heterocycles. The predicted molar refractivity (Wildman–Crippen MR) is 135 cm³/mol. The summed E-state index contributed by atoms with van der Waals surface area (Å²) in [6.07, 6.45) is 2.31. The number of fused-ring (bicyclic) bond motifs is 2. The lowest BCUT2D eigenvalue weighted by Gasteiger charge is -2.38. The highest BCUT2D eigenvalue weighted by Gasteiger charge is 2.36. The maximum Gasteiger partial charge on any atom is 0.415 e. The first-order valence-corrected chi connectivity index (χ1v) is 12.9. The van der Waals surface area contributed by atoms with Crippen molar-refractivity contribution in [2.45, 2.75) is 44.4 Å². The summed E-state index contributed by atoms with van der Waals surface area (Å²) in [4.78, 5) is 49.2. The molecule has 2 fully saturated rings. The fraction of sp³-hybridized carbons (Fsp3) is 0.500. The zero-order valence-electron chi connectivity index (χ0n) is 21.7. The molecular weight excluding hydrogens is 511 g/mol. The number of rotatable bonds is 7. The van der Waals surface area contributed by atoms with E-state index in [4.69, 9.17) is 14.2 Å². The molecule has 206 valence electrons. The molecule has 0 bridgehead atoms. The van der Waals surface area contributed by atoms with Crippen molar-refractivity contribution in [3.05, 3.63) is 35.3 Å². The minimum atomic E-state index is -0.527. The average molecular weight is 541 g/mol. The number of cyclic esters (lactones) is 1. The monoisotopic (exact) mass is 540 g/mol. The molecule has 6 rings (SSSR count). The van der Waals surface area contributed by atoms with E-state index in [1.54, 1.807) is 4.90 Å². The van der Waals surface area contributed by atoms with E-state index in [1.165, 1.54) is 24.1 Å². The molecule has 1 aliphatic carbocycles. The van der Waals surface area contributed by atoms with Crippen LogP contribution in [0.15, 0.2) is 18.3 Å². The van der Waals surface area contributed by atoms with Crippen LogP contribution >= 0.6 is 0 Å². The molecule has 3 amide bonds. The Kier molecular flexibility index (Phi) is 6.45. The number of likely N-dealkylation sites (tertiary alicyclic amines) is 1. The Morgan fingerprint density at radius 1 is 1.26 bits per heavy atom. The SMILES string of the molecule is CC(=O)N1CC(Oc2cc(F)c3c(c2)CC(N(C)CCC2CN(c4cnc5c(n4)NC(=O)CO5)C(=O)O2)C3)C1. The molecule has 2 unspecified atom stereocenters. The van der Waals surface area contributed by atoms with Crippen molar-refractivity contribution >= 4 is 29.5 Å². The maximum absolute atomic E-state index is 14.9. The number of benzene rings is 1. The van der Waals surface area contributed by atoms with Crippen molar-refractivity contribution in [2.24, 2.45) is 0 Å². The molecule has 1 N–H and O–H groups in total. The third-order valence-electron chi connectivity index (χ3n) is 7.65. The van der Waals surface area contributed by atoms with Gasteiger partial charge in [0.15, 0.2) is 18.2 Å². The first-order chi connectivity index (χ1) is 18.7. The van der Waals surface area contributed by atoms with E-state index >= 15 is 0 Å². The number of anilines is 2. The van der Waals surface area contributed by atoms with E-state index in [-0.39, 0.29) is 60.0 Å². The molecule has 2 atom stereocenters. The van der Waals surface area contributed by atoms with E-state index in [0.29, 0.717) is 56.8 Å². The van der Waals surface area contributed by atoms with Crippen LogP contribution in [-0.2, 0) is 27.2 Å². The molecule has 4 heterocycles. The number of halogens is 1. The van der Waals surface area contributed by atoms with Gasteiger partial charge in [-0.05, 0) is 43.5 Å². The van der Waals surface area contributed by atoms with Crippen molar-refractivity contribution in [2.75, 3.05) is 50.1 Å². The quantitative estimate of drug-likeness (QED) is 0.554. The van der Waals surface area contributed by atoms with E-state index in [9.17, 15) is 18.8 Å². The lowest BCUT2D eigenvalue weighted by Crippen LogP contribution is -2.55. The Hall–Kier alpha value is -4.00. The molecule has 39 heavy (non-hydrogen) atoms. The number of hydrogen-bond acceptors (Lipinski definition) is 9. The Balaban J connectivity index is 1.02. The van der Waals surface area contributed by atoms with E-state index < -0.39 is 6.09 Å². The van der Waals surface area contributed by atoms with Gasteiger partial charge in [-0.1, -0.05) is 0 Å². The van der Waals surface area contributed by atoms with Crippen LogP contribution in [0.3, 0.4) is 0 Å². The predicted octanol–water partition coefficient (Wildman–Crippen LogP) is 1.37. The first-order valence-electron chi connectivity index (χ1n) is 12.9. The number of likely N-dealkylation sites (N-methyl/N-ethyl adjacent to an activating group) is 1. The number of nitrogens with zero attached hydrogens (tertiary/aromatic N) is 5. The van der Waals surface area contributed by atoms with Crippen LogP contribution in [-0.4, -0.2) is 95.8 Å². The topological polar surface area (TPSA) is 126 Å². The van der Waals surface area contributed by atoms with Crippen LogP contribution in [0.25, 0.3) is 0 Å². The number of nitrogens with one attached hydrogen (secondary N) is 1. The van der Waals surface area contributed by atoms with Crippen LogP contribution in [0.5, 0.6) is 11.6 Å². The first kappa shape index (κ1) is 25.3. The minimum Gasteiger partial charge on any atom is -0.487 e. The molecule has 2 aromatic rings. The summed E-state index contributed by atoms with van der Waals surface area (Å²) in [5.74, 6) is 0.558. The summed E-state index contributed by atoms with van der Waals surface area (Å²) < 4.78 is 31.6. The molecule has 0 spiro atoms. The molecule has 3 aliphatic heterocycles. The second-order valence-electron chi connectivity index (χ2n) is 10.4. The summed E-state index contributed by atoms with van der Waals surface area (Å²) in [6.45, 7) is 3.39. The summed E-state index contributed by atoms with van der Waals surface area (Å²) in [7, 11) is 1.99. The Morgan fingerprint density at radius 3 is 2.87 bits per heavy atom. The Labute approximate surface area is 224 Å². The van der Waals surface area contributed by atoms with Gasteiger partial charge < -0.3 is 29.3 Å². The molecule has 0 saturated carbocycles. The van der Waals surface area contributed by atoms with Crippen LogP contribution in [0, 0.1) is 5.82 Å². The van der Waals surface area contributed by atoms with Gasteiger partial charge in [0.05, 0.1) is 25.8 Å². The van der Waals surface area contributed by atoms with Crippen LogP contribution in [0.4, 0.5) is 20.8 Å². The van der Waals surface area contributed by atoms with Crippen LogP contribution in [0.2, 0.25) is 0 Å². The van der Waals surface area contributed by atoms with Gasteiger partial charge in [-0.25, -0.2) is 19.2 Å². The molecule has 1 aromatic heterocycles. The van der Waals surface area contributed by atoms with Crippen LogP contribution < -0.4 is 19.7 Å². The third kappa shape index (κ3) is 5.05. The van der Waals surface area contributed by atoms with Gasteiger partial charge >= 0.3 is 6.09 Å². The van der Waals surface area contributed by atoms with Gasteiger partial charge in [0.25, 0.3) is 11.8 Å². The van der Waals surface area contributed by atoms with Crippen molar-refractivity contribution < 1.29 is 33.0 Å². The summed E-state index contributed by atoms with van der Waals surface area (Å²) in [5, 5.41) is 2.59. The largest absolute Gasteiger partial charge is 0.487 e. The highest BCUT2D eigenvalue weighted by Crippen LogP contribution is 2.33. The molecular formula is C26H29FN6O6. The summed E-state index contributed by atoms with van der Waals surface area (Å²) in [5.41, 5.74) is 1.64. The molecule has 4 aliphatic rings. The third-order valence-corrected chi connectivity index (χ3v) is 7.65. The van der Waals surface area contributed by atoms with E-state index in [2.05, 4.69) is 20.2 Å². The van der Waals surface area contributed by atoms with Gasteiger partial charge in [-0.3, -0.25) is 14.5 Å². The number of ether oxygens (including phenoxy) is 3. The molecule has 13 heteroatoms. The number of amides is 3. The number of carbonyl (C=O) groups excluding carboxylic acids is 3. The van der Waals surface area contributed by atoms with Crippen molar-refractivity contribution in [1.29, 1.82) is 0 Å². The lowest BCUT2D eigenvalue weighted by atomic mass is 10.1. The normalized spacial score (nSPS) is 22.2. The Morgan fingerprint density at radius 2 is 2.08 bits per heavy atom. The van der Waals surface area contributed by atoms with Gasteiger partial charge in [-0.2, -0.15) is 0 Å². The highest BCUT2D eigenvalue weighted by atomic mass is 19.1. The zero-order chi connectivity index (χ0) is 27.3. The molecule has 1 aromatic carbocycles. The number of carbonyl (C=O) groups is 3. The van der Waals surface area contributed by atoms with Crippen molar-refractivity contribution in [3.63, 3.8) is 0 Å². The number of aromatic nitrogens is 2. The number of hydrogen-bond donors (Lipinski definition) is 1. The molecule has 12 nitrogen and oxygen atoms in total. The maximum atomic E-state index is 14.9. The van der Waals surface area contributed by atoms with Crippen LogP contribution in [0.1, 0.15) is 24.5 Å². The summed E-state index contributed by atoms with van der Waals surface area (Å²) in [6, 6.07) is 3.46. The average Bonchev–Trinajstić information content (AvgIpc) is 3.47. The van der Waals surface area contributed by atoms with E-state index in [0.717, 1.165) is 5.56 Å². The van der Waals surface area contributed by atoms with Gasteiger partial charge in [0.1, 0.15) is 23.8 Å². The zero-order valence-corrected chi connectivity index (χ0v) is 21.7. The van der Waals surface area contributed by atoms with E-state index in [1.807, 2.05) is 13.1 Å². The minimum absolute atomic E-state index is 0.0123. The molecule has 0 radical (unpaired) electrons. The van der Waals surface area contributed by atoms with Gasteiger partial charge in [-0.15, -0.1) is 0 Å². The smallest absolute Gasteiger partial charge is 0.415 e. The van der Waals surface area contributed by atoms with Gasteiger partial charge in [0.2, 0.25) is 5.91 Å².